The molecular weight excluding hydrogens is 375 g/mol. The van der Waals surface area contributed by atoms with E-state index in [-0.39, 0.29) is 11.6 Å². The fraction of sp³-hybridized carbons (Fsp3) is 0.200. The molecule has 0 aliphatic heterocycles. The van der Waals surface area contributed by atoms with Crippen LogP contribution in [-0.4, -0.2) is 31.6 Å². The Hall–Kier alpha value is -3.29. The van der Waals surface area contributed by atoms with E-state index in [9.17, 15) is 22.8 Å². The number of hydrogen-bond donors (Lipinski definition) is 1. The molecular formula is C20H18F3NO4. The van der Waals surface area contributed by atoms with Crippen molar-refractivity contribution < 1.29 is 32.2 Å². The maximum Gasteiger partial charge on any atom is 0.387 e. The molecule has 2 rings (SSSR count). The second-order valence-electron chi connectivity index (χ2n) is 5.62. The number of hydrogen-bond acceptors (Lipinski definition) is 4. The zero-order valence-electron chi connectivity index (χ0n) is 14.7. The second kappa shape index (κ2) is 10.8. The van der Waals surface area contributed by atoms with E-state index >= 15 is 0 Å². The van der Waals surface area contributed by atoms with Crippen LogP contribution in [0.15, 0.2) is 54.6 Å². The molecule has 0 radical (unpaired) electrons. The SMILES string of the molecule is O=C(COC(=O)/C=C/c1ccc(OC(F)F)cc1)NCCc1ccc(F)cc1. The van der Waals surface area contributed by atoms with E-state index in [1.807, 2.05) is 0 Å². The molecule has 1 N–H and O–H groups in total. The molecule has 0 atom stereocenters. The Morgan fingerprint density at radius 2 is 1.71 bits per heavy atom. The van der Waals surface area contributed by atoms with Crippen molar-refractivity contribution in [2.75, 3.05) is 13.2 Å². The van der Waals surface area contributed by atoms with Crippen LogP contribution in [0.25, 0.3) is 6.08 Å². The summed E-state index contributed by atoms with van der Waals surface area (Å²) in [6, 6.07) is 11.6. The summed E-state index contributed by atoms with van der Waals surface area (Å²) in [6.45, 7) is -3.02. The first-order chi connectivity index (χ1) is 13.4. The smallest absolute Gasteiger partial charge is 0.387 e. The number of carbonyl (C=O) groups is 2. The van der Waals surface area contributed by atoms with Gasteiger partial charge in [-0.2, -0.15) is 8.78 Å². The van der Waals surface area contributed by atoms with Gasteiger partial charge in [0.2, 0.25) is 0 Å². The summed E-state index contributed by atoms with van der Waals surface area (Å²) >= 11 is 0. The van der Waals surface area contributed by atoms with Gasteiger partial charge in [0.1, 0.15) is 11.6 Å². The van der Waals surface area contributed by atoms with Gasteiger partial charge in [0.25, 0.3) is 5.91 Å². The molecule has 28 heavy (non-hydrogen) atoms. The number of rotatable bonds is 9. The lowest BCUT2D eigenvalue weighted by Gasteiger charge is -2.06. The highest BCUT2D eigenvalue weighted by molar-refractivity contribution is 5.89. The van der Waals surface area contributed by atoms with E-state index < -0.39 is 25.1 Å². The van der Waals surface area contributed by atoms with Crippen LogP contribution in [0.5, 0.6) is 5.75 Å². The number of halogens is 3. The Balaban J connectivity index is 1.67. The van der Waals surface area contributed by atoms with E-state index in [2.05, 4.69) is 10.1 Å². The van der Waals surface area contributed by atoms with Crippen LogP contribution in [0.3, 0.4) is 0 Å². The Bertz CT molecular complexity index is 805. The van der Waals surface area contributed by atoms with E-state index in [1.165, 1.54) is 42.5 Å². The quantitative estimate of drug-likeness (QED) is 0.524. The molecule has 1 amide bonds. The maximum absolute atomic E-state index is 12.8. The van der Waals surface area contributed by atoms with Gasteiger partial charge in [-0.05, 0) is 47.9 Å². The van der Waals surface area contributed by atoms with Crippen molar-refractivity contribution in [3.63, 3.8) is 0 Å². The molecule has 2 aromatic carbocycles. The number of nitrogens with one attached hydrogen (secondary N) is 1. The summed E-state index contributed by atoms with van der Waals surface area (Å²) in [4.78, 5) is 23.3. The zero-order chi connectivity index (χ0) is 20.4. The zero-order valence-corrected chi connectivity index (χ0v) is 14.7. The fourth-order valence-electron chi connectivity index (χ4n) is 2.16. The highest BCUT2D eigenvalue weighted by Gasteiger charge is 2.06. The van der Waals surface area contributed by atoms with Crippen LogP contribution in [-0.2, 0) is 20.7 Å². The lowest BCUT2D eigenvalue weighted by molar-refractivity contribution is -0.143. The lowest BCUT2D eigenvalue weighted by atomic mass is 10.1. The first-order valence-corrected chi connectivity index (χ1v) is 8.33. The highest BCUT2D eigenvalue weighted by atomic mass is 19.3. The summed E-state index contributed by atoms with van der Waals surface area (Å²) < 4.78 is 45.9. The predicted molar refractivity (Wildman–Crippen MR) is 96.2 cm³/mol. The van der Waals surface area contributed by atoms with E-state index in [0.717, 1.165) is 11.6 Å². The van der Waals surface area contributed by atoms with Crippen LogP contribution >= 0.6 is 0 Å². The molecule has 5 nitrogen and oxygen atoms in total. The van der Waals surface area contributed by atoms with Gasteiger partial charge in [0.05, 0.1) is 0 Å². The average Bonchev–Trinajstić information content (AvgIpc) is 2.67. The molecule has 0 aliphatic rings. The molecule has 148 valence electrons. The first-order valence-electron chi connectivity index (χ1n) is 8.33. The average molecular weight is 393 g/mol. The van der Waals surface area contributed by atoms with Crippen molar-refractivity contribution in [3.05, 3.63) is 71.6 Å². The molecule has 2 aromatic rings. The Labute approximate surface area is 159 Å². The first kappa shape index (κ1) is 21.0. The van der Waals surface area contributed by atoms with Gasteiger partial charge in [-0.1, -0.05) is 24.3 Å². The van der Waals surface area contributed by atoms with Gasteiger partial charge >= 0.3 is 12.6 Å². The van der Waals surface area contributed by atoms with Gasteiger partial charge in [-0.3, -0.25) is 4.79 Å². The predicted octanol–water partition coefficient (Wildman–Crippen LogP) is 3.34. The monoisotopic (exact) mass is 393 g/mol. The largest absolute Gasteiger partial charge is 0.452 e. The molecule has 0 heterocycles. The third kappa shape index (κ3) is 7.94. The van der Waals surface area contributed by atoms with Crippen molar-refractivity contribution in [1.29, 1.82) is 0 Å². The van der Waals surface area contributed by atoms with E-state index in [0.29, 0.717) is 18.5 Å². The minimum atomic E-state index is -2.90. The van der Waals surface area contributed by atoms with Crippen LogP contribution in [0.2, 0.25) is 0 Å². The Morgan fingerprint density at radius 1 is 1.04 bits per heavy atom. The fourth-order valence-corrected chi connectivity index (χ4v) is 2.16. The minimum absolute atomic E-state index is 0.00651. The number of carbonyl (C=O) groups excluding carboxylic acids is 2. The third-order valence-electron chi connectivity index (χ3n) is 3.51. The second-order valence-corrected chi connectivity index (χ2v) is 5.62. The topological polar surface area (TPSA) is 64.6 Å². The summed E-state index contributed by atoms with van der Waals surface area (Å²) in [5, 5.41) is 2.59. The number of esters is 1. The molecule has 0 saturated heterocycles. The van der Waals surface area contributed by atoms with E-state index in [4.69, 9.17) is 4.74 Å². The molecule has 0 spiro atoms. The van der Waals surface area contributed by atoms with Crippen molar-refractivity contribution in [2.45, 2.75) is 13.0 Å². The van der Waals surface area contributed by atoms with Gasteiger partial charge < -0.3 is 14.8 Å². The summed E-state index contributed by atoms with van der Waals surface area (Å²) in [7, 11) is 0. The summed E-state index contributed by atoms with van der Waals surface area (Å²) in [6.07, 6.45) is 3.06. The number of benzene rings is 2. The lowest BCUT2D eigenvalue weighted by Crippen LogP contribution is -2.30. The molecule has 0 fully saturated rings. The van der Waals surface area contributed by atoms with Crippen LogP contribution < -0.4 is 10.1 Å². The molecule has 0 saturated carbocycles. The summed E-state index contributed by atoms with van der Waals surface area (Å²) in [5.41, 5.74) is 1.44. The van der Waals surface area contributed by atoms with Gasteiger partial charge in [0.15, 0.2) is 6.61 Å². The van der Waals surface area contributed by atoms with E-state index in [1.54, 1.807) is 12.1 Å². The maximum atomic E-state index is 12.8. The standard InChI is InChI=1S/C20H18F3NO4/c21-16-6-1-15(2-7-16)11-12-24-18(25)13-27-19(26)10-5-14-3-8-17(9-4-14)28-20(22)23/h1-10,20H,11-13H2,(H,24,25)/b10-5+. The molecule has 0 unspecified atom stereocenters. The van der Waals surface area contributed by atoms with Crippen LogP contribution in [0, 0.1) is 5.82 Å². The van der Waals surface area contributed by atoms with Crippen molar-refractivity contribution in [1.82, 2.24) is 5.32 Å². The van der Waals surface area contributed by atoms with Crippen LogP contribution in [0.1, 0.15) is 11.1 Å². The number of ether oxygens (including phenoxy) is 2. The Kier molecular flexibility index (Phi) is 8.08. The van der Waals surface area contributed by atoms with Crippen molar-refractivity contribution >= 4 is 18.0 Å². The van der Waals surface area contributed by atoms with Crippen molar-refractivity contribution in [3.8, 4) is 5.75 Å². The number of alkyl halides is 2. The molecule has 0 bridgehead atoms. The molecule has 8 heteroatoms. The molecule has 0 aromatic heterocycles. The third-order valence-corrected chi connectivity index (χ3v) is 3.51. The Morgan fingerprint density at radius 3 is 2.36 bits per heavy atom. The van der Waals surface area contributed by atoms with Gasteiger partial charge in [-0.25, -0.2) is 9.18 Å². The highest BCUT2D eigenvalue weighted by Crippen LogP contribution is 2.15. The molecule has 0 aliphatic carbocycles. The minimum Gasteiger partial charge on any atom is -0.452 e. The van der Waals surface area contributed by atoms with Crippen LogP contribution in [0.4, 0.5) is 13.2 Å². The normalized spacial score (nSPS) is 10.9. The number of amides is 1. The summed E-state index contributed by atoms with van der Waals surface area (Å²) in [5.74, 6) is -1.50. The van der Waals surface area contributed by atoms with Gasteiger partial charge in [0, 0.05) is 12.6 Å². The van der Waals surface area contributed by atoms with Gasteiger partial charge in [-0.15, -0.1) is 0 Å². The van der Waals surface area contributed by atoms with Crippen molar-refractivity contribution in [2.24, 2.45) is 0 Å².